The predicted octanol–water partition coefficient (Wildman–Crippen LogP) is 1.88. The second-order valence-electron chi connectivity index (χ2n) is 4.50. The van der Waals surface area contributed by atoms with Gasteiger partial charge in [-0.05, 0) is 35.0 Å². The summed E-state index contributed by atoms with van der Waals surface area (Å²) in [6, 6.07) is 3.30. The summed E-state index contributed by atoms with van der Waals surface area (Å²) in [6.07, 6.45) is 0.530. The van der Waals surface area contributed by atoms with Crippen molar-refractivity contribution in [2.75, 3.05) is 0 Å². The van der Waals surface area contributed by atoms with Crippen molar-refractivity contribution in [3.05, 3.63) is 34.2 Å². The largest absolute Gasteiger partial charge is 0.478 e. The fourth-order valence-corrected chi connectivity index (χ4v) is 2.86. The zero-order valence-electron chi connectivity index (χ0n) is 10.7. The molecule has 2 aromatic heterocycles. The molecule has 0 aliphatic rings. The molecule has 2 heterocycles. The molecule has 0 aliphatic carbocycles. The Morgan fingerprint density at radius 3 is 2.67 bits per heavy atom. The minimum Gasteiger partial charge on any atom is -0.478 e. The van der Waals surface area contributed by atoms with Crippen LogP contribution in [-0.2, 0) is 15.8 Å². The van der Waals surface area contributed by atoms with E-state index in [9.17, 15) is 13.8 Å². The van der Waals surface area contributed by atoms with Gasteiger partial charge in [0.25, 0.3) is 0 Å². The van der Waals surface area contributed by atoms with Crippen LogP contribution >= 0.6 is 23.5 Å². The van der Waals surface area contributed by atoms with Gasteiger partial charge in [-0.3, -0.25) is 4.57 Å². The third kappa shape index (κ3) is 2.74. The lowest BCUT2D eigenvalue weighted by atomic mass is 10.2. The van der Waals surface area contributed by atoms with E-state index in [4.69, 9.17) is 14.9 Å². The van der Waals surface area contributed by atoms with Gasteiger partial charge in [0, 0.05) is 22.8 Å². The van der Waals surface area contributed by atoms with Crippen LogP contribution in [0.1, 0.15) is 11.4 Å². The molecule has 0 aliphatic heterocycles. The van der Waals surface area contributed by atoms with E-state index in [1.807, 2.05) is 0 Å². The van der Waals surface area contributed by atoms with Crippen molar-refractivity contribution in [3.8, 4) is 0 Å². The topological polar surface area (TPSA) is 112 Å². The normalized spacial score (nSPS) is 15.1. The number of alkyl halides is 1. The Morgan fingerprint density at radius 2 is 2.14 bits per heavy atom. The number of aromatic nitrogens is 2. The van der Waals surface area contributed by atoms with E-state index in [0.29, 0.717) is 15.8 Å². The predicted molar refractivity (Wildman–Crippen MR) is 74.9 cm³/mol. The maximum Gasteiger partial charge on any atom is 0.374 e. The number of imidazole rings is 1. The van der Waals surface area contributed by atoms with E-state index in [-0.39, 0.29) is 5.69 Å². The number of aryl methyl sites for hydroxylation is 1. The Bertz CT molecular complexity index is 773. The number of rotatable bonds is 4. The SMILES string of the molecule is Cc1nc2ccc(Br)cn2c1CC(F)(C(=O)O)P(=O)(O)O. The van der Waals surface area contributed by atoms with Gasteiger partial charge in [0.1, 0.15) is 5.65 Å². The van der Waals surface area contributed by atoms with Crippen LogP contribution < -0.4 is 0 Å². The van der Waals surface area contributed by atoms with Crippen LogP contribution in [0.25, 0.3) is 5.65 Å². The zero-order chi connectivity index (χ0) is 16.0. The van der Waals surface area contributed by atoms with Crippen LogP contribution in [0, 0.1) is 6.92 Å². The Kier molecular flexibility index (Phi) is 3.96. The fourth-order valence-electron chi connectivity index (χ4n) is 1.92. The van der Waals surface area contributed by atoms with Crippen LogP contribution in [-0.4, -0.2) is 35.7 Å². The van der Waals surface area contributed by atoms with Gasteiger partial charge in [0.2, 0.25) is 0 Å². The van der Waals surface area contributed by atoms with Crippen LogP contribution in [0.5, 0.6) is 0 Å². The van der Waals surface area contributed by atoms with Gasteiger partial charge in [-0.1, -0.05) is 0 Å². The highest BCUT2D eigenvalue weighted by Gasteiger charge is 2.56. The summed E-state index contributed by atoms with van der Waals surface area (Å²) in [5.41, 5.74) is 0.800. The molecule has 2 rings (SSSR count). The second-order valence-corrected chi connectivity index (χ2v) is 7.22. The first kappa shape index (κ1) is 16.1. The van der Waals surface area contributed by atoms with Gasteiger partial charge in [-0.15, -0.1) is 0 Å². The van der Waals surface area contributed by atoms with Gasteiger partial charge in [0.15, 0.2) is 0 Å². The molecule has 0 fully saturated rings. The number of halogens is 2. The van der Waals surface area contributed by atoms with E-state index in [1.165, 1.54) is 17.5 Å². The van der Waals surface area contributed by atoms with Gasteiger partial charge < -0.3 is 19.3 Å². The molecular weight excluding hydrogens is 370 g/mol. The minimum absolute atomic E-state index is 0.0829. The average molecular weight is 381 g/mol. The Hall–Kier alpha value is -1.28. The molecule has 7 nitrogen and oxygen atoms in total. The van der Waals surface area contributed by atoms with Crippen molar-refractivity contribution in [1.29, 1.82) is 0 Å². The van der Waals surface area contributed by atoms with E-state index in [2.05, 4.69) is 20.9 Å². The molecule has 0 radical (unpaired) electrons. The molecule has 114 valence electrons. The number of carboxylic acid groups (broad SMARTS) is 1. The van der Waals surface area contributed by atoms with Crippen molar-refractivity contribution in [2.24, 2.45) is 0 Å². The molecule has 21 heavy (non-hydrogen) atoms. The number of hydrogen-bond acceptors (Lipinski definition) is 3. The standard InChI is InChI=1S/C11H11BrFN2O5P/c1-6-8(4-11(13,10(16)17)21(18,19)20)15-5-7(12)2-3-9(15)14-6/h2-3,5H,4H2,1H3,(H,16,17)(H2,18,19,20). The van der Waals surface area contributed by atoms with Crippen molar-refractivity contribution < 1.29 is 28.6 Å². The van der Waals surface area contributed by atoms with Gasteiger partial charge in [-0.2, -0.15) is 0 Å². The Balaban J connectivity index is 2.62. The van der Waals surface area contributed by atoms with Crippen LogP contribution in [0.3, 0.4) is 0 Å². The Morgan fingerprint density at radius 1 is 1.52 bits per heavy atom. The third-order valence-corrected chi connectivity index (χ3v) is 4.81. The first-order valence-corrected chi connectivity index (χ1v) is 8.08. The molecule has 0 saturated heterocycles. The summed E-state index contributed by atoms with van der Waals surface area (Å²) in [4.78, 5) is 33.2. The number of carbonyl (C=O) groups is 1. The summed E-state index contributed by atoms with van der Waals surface area (Å²) in [6.45, 7) is 1.51. The molecule has 0 saturated carbocycles. The number of hydrogen-bond donors (Lipinski definition) is 3. The van der Waals surface area contributed by atoms with Crippen LogP contribution in [0.2, 0.25) is 0 Å². The smallest absolute Gasteiger partial charge is 0.374 e. The summed E-state index contributed by atoms with van der Waals surface area (Å²) in [5.74, 6) is -2.21. The minimum atomic E-state index is -5.51. The molecule has 0 amide bonds. The molecule has 10 heteroatoms. The molecule has 3 N–H and O–H groups in total. The van der Waals surface area contributed by atoms with Gasteiger partial charge in [-0.25, -0.2) is 14.2 Å². The third-order valence-electron chi connectivity index (χ3n) is 3.07. The van der Waals surface area contributed by atoms with Crippen molar-refractivity contribution in [2.45, 2.75) is 18.8 Å². The molecule has 1 atom stereocenters. The van der Waals surface area contributed by atoms with Crippen molar-refractivity contribution in [1.82, 2.24) is 9.38 Å². The summed E-state index contributed by atoms with van der Waals surface area (Å²) in [5, 5.41) is 5.18. The second kappa shape index (κ2) is 5.17. The fraction of sp³-hybridized carbons (Fsp3) is 0.273. The highest BCUT2D eigenvalue weighted by Crippen LogP contribution is 2.53. The zero-order valence-corrected chi connectivity index (χ0v) is 13.2. The lowest BCUT2D eigenvalue weighted by molar-refractivity contribution is -0.146. The highest BCUT2D eigenvalue weighted by atomic mass is 79.9. The molecule has 2 aromatic rings. The molecule has 1 unspecified atom stereocenters. The highest BCUT2D eigenvalue weighted by molar-refractivity contribution is 9.10. The number of carboxylic acids is 1. The molecule has 0 spiro atoms. The number of pyridine rings is 1. The van der Waals surface area contributed by atoms with Gasteiger partial charge >= 0.3 is 19.0 Å². The van der Waals surface area contributed by atoms with E-state index in [1.54, 1.807) is 12.1 Å². The molecular formula is C11H11BrFN2O5P. The maximum absolute atomic E-state index is 14.4. The lowest BCUT2D eigenvalue weighted by Crippen LogP contribution is -2.36. The van der Waals surface area contributed by atoms with Crippen LogP contribution in [0.4, 0.5) is 4.39 Å². The monoisotopic (exact) mass is 380 g/mol. The molecule has 0 aromatic carbocycles. The quantitative estimate of drug-likeness (QED) is 0.698. The van der Waals surface area contributed by atoms with E-state index in [0.717, 1.165) is 0 Å². The van der Waals surface area contributed by atoms with E-state index < -0.39 is 25.4 Å². The first-order valence-electron chi connectivity index (χ1n) is 5.67. The van der Waals surface area contributed by atoms with Crippen LogP contribution in [0.15, 0.2) is 22.8 Å². The van der Waals surface area contributed by atoms with E-state index >= 15 is 0 Å². The number of nitrogens with zero attached hydrogens (tertiary/aromatic N) is 2. The summed E-state index contributed by atoms with van der Waals surface area (Å²) in [7, 11) is -5.51. The summed E-state index contributed by atoms with van der Waals surface area (Å²) >= 11 is 3.21. The van der Waals surface area contributed by atoms with Crippen molar-refractivity contribution in [3.63, 3.8) is 0 Å². The lowest BCUT2D eigenvalue weighted by Gasteiger charge is -2.21. The maximum atomic E-state index is 14.4. The molecule has 0 bridgehead atoms. The Labute approximate surface area is 126 Å². The average Bonchev–Trinajstić information content (AvgIpc) is 2.64. The number of aliphatic carboxylic acids is 1. The van der Waals surface area contributed by atoms with Crippen molar-refractivity contribution >= 4 is 35.1 Å². The first-order chi connectivity index (χ1) is 9.56. The summed E-state index contributed by atoms with van der Waals surface area (Å²) < 4.78 is 27.6. The number of fused-ring (bicyclic) bond motifs is 1. The van der Waals surface area contributed by atoms with Gasteiger partial charge in [0.05, 0.1) is 5.69 Å².